The highest BCUT2D eigenvalue weighted by Crippen LogP contribution is 2.16. The molecule has 5 heteroatoms. The Bertz CT molecular complexity index is 318. The Morgan fingerprint density at radius 3 is 2.87 bits per heavy atom. The molecule has 15 heavy (non-hydrogen) atoms. The molecule has 0 amide bonds. The fraction of sp³-hybridized carbons (Fsp3) is 0.500. The van der Waals surface area contributed by atoms with E-state index in [1.807, 2.05) is 20.2 Å². The molecular formula is C10H16BrN3O. The zero-order chi connectivity index (χ0) is 11.3. The second kappa shape index (κ2) is 6.05. The monoisotopic (exact) mass is 273 g/mol. The molecule has 0 spiro atoms. The van der Waals surface area contributed by atoms with Crippen molar-refractivity contribution in [2.45, 2.75) is 6.61 Å². The maximum atomic E-state index is 5.78. The predicted octanol–water partition coefficient (Wildman–Crippen LogP) is 1.50. The molecule has 1 aromatic heterocycles. The van der Waals surface area contributed by atoms with Crippen molar-refractivity contribution in [2.24, 2.45) is 0 Å². The summed E-state index contributed by atoms with van der Waals surface area (Å²) in [6.07, 6.45) is 1.72. The molecule has 0 atom stereocenters. The molecule has 0 fully saturated rings. The van der Waals surface area contributed by atoms with Crippen molar-refractivity contribution >= 4 is 21.6 Å². The lowest BCUT2D eigenvalue weighted by molar-refractivity contribution is 0.103. The van der Waals surface area contributed by atoms with Crippen LogP contribution in [0.25, 0.3) is 0 Å². The van der Waals surface area contributed by atoms with Gasteiger partial charge in [-0.1, -0.05) is 0 Å². The Morgan fingerprint density at radius 1 is 1.53 bits per heavy atom. The van der Waals surface area contributed by atoms with Gasteiger partial charge in [-0.2, -0.15) is 0 Å². The minimum Gasteiger partial charge on any atom is -0.397 e. The van der Waals surface area contributed by atoms with Gasteiger partial charge in [0.15, 0.2) is 0 Å². The Morgan fingerprint density at radius 2 is 2.27 bits per heavy atom. The van der Waals surface area contributed by atoms with Crippen molar-refractivity contribution in [1.82, 2.24) is 9.88 Å². The molecule has 0 saturated carbocycles. The second-order valence-electron chi connectivity index (χ2n) is 3.55. The zero-order valence-corrected chi connectivity index (χ0v) is 10.6. The highest BCUT2D eigenvalue weighted by molar-refractivity contribution is 9.10. The van der Waals surface area contributed by atoms with Crippen LogP contribution in [0.4, 0.5) is 5.69 Å². The van der Waals surface area contributed by atoms with Crippen LogP contribution in [-0.2, 0) is 11.3 Å². The highest BCUT2D eigenvalue weighted by Gasteiger charge is 2.01. The number of nitrogen functional groups attached to an aromatic ring is 1. The molecular weight excluding hydrogens is 258 g/mol. The first-order chi connectivity index (χ1) is 7.09. The largest absolute Gasteiger partial charge is 0.397 e. The molecule has 1 rings (SSSR count). The van der Waals surface area contributed by atoms with Gasteiger partial charge in [0.05, 0.1) is 24.6 Å². The molecule has 1 aromatic rings. The van der Waals surface area contributed by atoms with Gasteiger partial charge in [0.1, 0.15) is 0 Å². The summed E-state index contributed by atoms with van der Waals surface area (Å²) in [7, 11) is 4.02. The molecule has 0 aliphatic heterocycles. The average molecular weight is 274 g/mol. The van der Waals surface area contributed by atoms with Gasteiger partial charge in [-0.05, 0) is 36.1 Å². The maximum Gasteiger partial charge on any atom is 0.0909 e. The summed E-state index contributed by atoms with van der Waals surface area (Å²) in [4.78, 5) is 6.25. The summed E-state index contributed by atoms with van der Waals surface area (Å²) in [6.45, 7) is 2.05. The third kappa shape index (κ3) is 4.59. The third-order valence-corrected chi connectivity index (χ3v) is 2.33. The molecule has 4 nitrogen and oxygen atoms in total. The summed E-state index contributed by atoms with van der Waals surface area (Å²) < 4.78 is 6.34. The minimum absolute atomic E-state index is 0.465. The van der Waals surface area contributed by atoms with Crippen LogP contribution in [0.1, 0.15) is 5.69 Å². The molecule has 84 valence electrons. The number of halogens is 1. The molecule has 0 saturated heterocycles. The van der Waals surface area contributed by atoms with Crippen LogP contribution in [0.3, 0.4) is 0 Å². The van der Waals surface area contributed by atoms with Gasteiger partial charge in [-0.15, -0.1) is 0 Å². The third-order valence-electron chi connectivity index (χ3n) is 1.89. The highest BCUT2D eigenvalue weighted by atomic mass is 79.9. The van der Waals surface area contributed by atoms with Crippen molar-refractivity contribution < 1.29 is 4.74 Å². The zero-order valence-electron chi connectivity index (χ0n) is 9.03. The Kier molecular flexibility index (Phi) is 5.01. The van der Waals surface area contributed by atoms with E-state index in [2.05, 4.69) is 25.8 Å². The van der Waals surface area contributed by atoms with Crippen LogP contribution in [0, 0.1) is 0 Å². The fourth-order valence-electron chi connectivity index (χ4n) is 1.02. The number of ether oxygens (including phenoxy) is 1. The molecule has 0 aliphatic rings. The summed E-state index contributed by atoms with van der Waals surface area (Å²) in [6, 6.07) is 1.83. The number of pyridine rings is 1. The van der Waals surface area contributed by atoms with Gasteiger partial charge in [0.2, 0.25) is 0 Å². The number of nitrogens with zero attached hydrogens (tertiary/aromatic N) is 2. The first-order valence-corrected chi connectivity index (χ1v) is 5.51. The van der Waals surface area contributed by atoms with E-state index in [9.17, 15) is 0 Å². The molecule has 1 heterocycles. The predicted molar refractivity (Wildman–Crippen MR) is 64.6 cm³/mol. The molecule has 0 unspecified atom stereocenters. The van der Waals surface area contributed by atoms with Gasteiger partial charge < -0.3 is 15.4 Å². The van der Waals surface area contributed by atoms with E-state index in [0.29, 0.717) is 18.9 Å². The van der Waals surface area contributed by atoms with Crippen LogP contribution in [-0.4, -0.2) is 37.1 Å². The van der Waals surface area contributed by atoms with Crippen molar-refractivity contribution in [3.8, 4) is 0 Å². The van der Waals surface area contributed by atoms with Crippen LogP contribution in [0.5, 0.6) is 0 Å². The van der Waals surface area contributed by atoms with Crippen molar-refractivity contribution in [2.75, 3.05) is 33.0 Å². The summed E-state index contributed by atoms with van der Waals surface area (Å²) >= 11 is 3.31. The van der Waals surface area contributed by atoms with E-state index < -0.39 is 0 Å². The van der Waals surface area contributed by atoms with E-state index in [1.165, 1.54) is 0 Å². The minimum atomic E-state index is 0.465. The molecule has 0 bridgehead atoms. The number of aromatic nitrogens is 1. The van der Waals surface area contributed by atoms with Crippen molar-refractivity contribution in [3.05, 3.63) is 22.4 Å². The lowest BCUT2D eigenvalue weighted by atomic mass is 10.3. The van der Waals surface area contributed by atoms with Gasteiger partial charge in [0.25, 0.3) is 0 Å². The van der Waals surface area contributed by atoms with Crippen molar-refractivity contribution in [1.29, 1.82) is 0 Å². The maximum absolute atomic E-state index is 5.78. The molecule has 2 N–H and O–H groups in total. The Labute approximate surface area is 98.6 Å². The standard InChI is InChI=1S/C10H16BrN3O/c1-14(2)3-4-15-7-10-9(12)5-8(11)6-13-10/h5-6H,3-4,7,12H2,1-2H3. The average Bonchev–Trinajstić information content (AvgIpc) is 2.14. The topological polar surface area (TPSA) is 51.4 Å². The lowest BCUT2D eigenvalue weighted by Gasteiger charge is -2.10. The van der Waals surface area contributed by atoms with E-state index in [1.54, 1.807) is 6.20 Å². The first-order valence-electron chi connectivity index (χ1n) is 4.72. The Balaban J connectivity index is 2.37. The summed E-state index contributed by atoms with van der Waals surface area (Å²) in [5.74, 6) is 0. The van der Waals surface area contributed by atoms with E-state index in [4.69, 9.17) is 10.5 Å². The van der Waals surface area contributed by atoms with E-state index in [0.717, 1.165) is 16.7 Å². The van der Waals surface area contributed by atoms with Gasteiger partial charge in [0, 0.05) is 17.2 Å². The van der Waals surface area contributed by atoms with Crippen LogP contribution in [0.2, 0.25) is 0 Å². The number of hydrogen-bond donors (Lipinski definition) is 1. The van der Waals surface area contributed by atoms with Gasteiger partial charge >= 0.3 is 0 Å². The van der Waals surface area contributed by atoms with Crippen molar-refractivity contribution in [3.63, 3.8) is 0 Å². The summed E-state index contributed by atoms with van der Waals surface area (Å²) in [5, 5.41) is 0. The van der Waals surface area contributed by atoms with Gasteiger partial charge in [-0.25, -0.2) is 0 Å². The van der Waals surface area contributed by atoms with Crippen LogP contribution in [0.15, 0.2) is 16.7 Å². The number of likely N-dealkylation sites (N-methyl/N-ethyl adjacent to an activating group) is 1. The normalized spacial score (nSPS) is 10.9. The number of anilines is 1. The lowest BCUT2D eigenvalue weighted by Crippen LogP contribution is -2.18. The van der Waals surface area contributed by atoms with E-state index in [-0.39, 0.29) is 0 Å². The second-order valence-corrected chi connectivity index (χ2v) is 4.46. The smallest absolute Gasteiger partial charge is 0.0909 e. The molecule has 0 radical (unpaired) electrons. The van der Waals surface area contributed by atoms with Gasteiger partial charge in [-0.3, -0.25) is 4.98 Å². The number of nitrogens with two attached hydrogens (primary N) is 1. The fourth-order valence-corrected chi connectivity index (χ4v) is 1.37. The van der Waals surface area contributed by atoms with Crippen LogP contribution < -0.4 is 5.73 Å². The number of hydrogen-bond acceptors (Lipinski definition) is 4. The van der Waals surface area contributed by atoms with E-state index >= 15 is 0 Å². The Hall–Kier alpha value is -0.650. The first kappa shape index (κ1) is 12.4. The molecule has 0 aliphatic carbocycles. The number of rotatable bonds is 5. The summed E-state index contributed by atoms with van der Waals surface area (Å²) in [5.41, 5.74) is 7.23. The molecule has 0 aromatic carbocycles. The quantitative estimate of drug-likeness (QED) is 0.827. The SMILES string of the molecule is CN(C)CCOCc1ncc(Br)cc1N. The van der Waals surface area contributed by atoms with Crippen LogP contribution >= 0.6 is 15.9 Å².